The predicted octanol–water partition coefficient (Wildman–Crippen LogP) is 2.71. The summed E-state index contributed by atoms with van der Waals surface area (Å²) in [5.41, 5.74) is 2.21. The van der Waals surface area contributed by atoms with Gasteiger partial charge < -0.3 is 0 Å². The van der Waals surface area contributed by atoms with Crippen molar-refractivity contribution in [1.82, 2.24) is 0 Å². The molecule has 0 amide bonds. The van der Waals surface area contributed by atoms with Gasteiger partial charge >= 0.3 is 0 Å². The van der Waals surface area contributed by atoms with Gasteiger partial charge in [-0.3, -0.25) is 4.21 Å². The van der Waals surface area contributed by atoms with Crippen LogP contribution in [0, 0.1) is 25.2 Å². The topological polar surface area (TPSA) is 40.9 Å². The summed E-state index contributed by atoms with van der Waals surface area (Å²) >= 11 is 0. The van der Waals surface area contributed by atoms with Gasteiger partial charge in [-0.1, -0.05) is 17.7 Å². The van der Waals surface area contributed by atoms with Crippen LogP contribution in [0.3, 0.4) is 0 Å². The minimum atomic E-state index is -1.07. The van der Waals surface area contributed by atoms with Gasteiger partial charge in [0.1, 0.15) is 0 Å². The molecule has 3 heteroatoms. The van der Waals surface area contributed by atoms with Gasteiger partial charge in [-0.05, 0) is 32.4 Å². The lowest BCUT2D eigenvalue weighted by Crippen LogP contribution is -2.11. The third-order valence-electron chi connectivity index (χ3n) is 2.29. The minimum Gasteiger partial charge on any atom is -0.254 e. The maximum absolute atomic E-state index is 12.0. The molecule has 0 heterocycles. The van der Waals surface area contributed by atoms with Crippen molar-refractivity contribution in [2.45, 2.75) is 37.3 Å². The highest BCUT2D eigenvalue weighted by molar-refractivity contribution is 7.85. The molecule has 0 bridgehead atoms. The zero-order valence-electron chi connectivity index (χ0n) is 9.28. The summed E-state index contributed by atoms with van der Waals surface area (Å²) < 4.78 is 12.0. The number of nitriles is 1. The molecule has 0 radical (unpaired) electrons. The van der Waals surface area contributed by atoms with Crippen LogP contribution in [-0.2, 0) is 10.8 Å². The Balaban J connectivity index is 2.97. The van der Waals surface area contributed by atoms with Gasteiger partial charge in [0.25, 0.3) is 0 Å². The Hall–Kier alpha value is -1.14. The number of hydrogen-bond donors (Lipinski definition) is 0. The molecular weight excluding hydrogens is 206 g/mol. The van der Waals surface area contributed by atoms with E-state index in [0.29, 0.717) is 6.42 Å². The molecular formula is C12H15NOS. The average molecular weight is 221 g/mol. The standard InChI is InChI=1S/C12H15NOS/c1-9-4-5-12(10(2)8-9)15(14)11(3)6-7-13/h4-5,8,11H,6H2,1-3H3. The summed E-state index contributed by atoms with van der Waals surface area (Å²) in [6, 6.07) is 7.93. The van der Waals surface area contributed by atoms with Crippen molar-refractivity contribution in [3.8, 4) is 6.07 Å². The monoisotopic (exact) mass is 221 g/mol. The second-order valence-corrected chi connectivity index (χ2v) is 5.58. The Morgan fingerprint density at radius 2 is 2.13 bits per heavy atom. The molecule has 0 spiro atoms. The molecule has 1 aromatic rings. The largest absolute Gasteiger partial charge is 0.254 e. The van der Waals surface area contributed by atoms with Crippen molar-refractivity contribution in [3.63, 3.8) is 0 Å². The number of hydrogen-bond acceptors (Lipinski definition) is 2. The van der Waals surface area contributed by atoms with E-state index in [1.165, 1.54) is 5.56 Å². The molecule has 2 nitrogen and oxygen atoms in total. The molecule has 2 unspecified atom stereocenters. The highest BCUT2D eigenvalue weighted by Crippen LogP contribution is 2.18. The van der Waals surface area contributed by atoms with Crippen LogP contribution in [0.5, 0.6) is 0 Å². The Bertz CT molecular complexity index is 420. The van der Waals surface area contributed by atoms with Crippen molar-refractivity contribution in [2.75, 3.05) is 0 Å². The molecule has 0 aliphatic heterocycles. The summed E-state index contributed by atoms with van der Waals surface area (Å²) in [5.74, 6) is 0. The molecule has 80 valence electrons. The molecule has 2 atom stereocenters. The minimum absolute atomic E-state index is 0.101. The van der Waals surface area contributed by atoms with Gasteiger partial charge in [-0.25, -0.2) is 0 Å². The van der Waals surface area contributed by atoms with Gasteiger partial charge in [-0.2, -0.15) is 5.26 Å². The second kappa shape index (κ2) is 5.09. The van der Waals surface area contributed by atoms with E-state index in [1.807, 2.05) is 39.0 Å². The normalized spacial score (nSPS) is 14.3. The first-order chi connectivity index (χ1) is 7.06. The van der Waals surface area contributed by atoms with E-state index in [-0.39, 0.29) is 5.25 Å². The van der Waals surface area contributed by atoms with Crippen molar-refractivity contribution in [1.29, 1.82) is 5.26 Å². The van der Waals surface area contributed by atoms with Crippen LogP contribution in [0.25, 0.3) is 0 Å². The van der Waals surface area contributed by atoms with Crippen LogP contribution in [0.1, 0.15) is 24.5 Å². The summed E-state index contributed by atoms with van der Waals surface area (Å²) in [7, 11) is -1.07. The molecule has 0 saturated carbocycles. The molecule has 1 rings (SSSR count). The molecule has 0 fully saturated rings. The van der Waals surface area contributed by atoms with Gasteiger partial charge in [0.15, 0.2) is 0 Å². The van der Waals surface area contributed by atoms with E-state index >= 15 is 0 Å². The molecule has 0 N–H and O–H groups in total. The van der Waals surface area contributed by atoms with Crippen molar-refractivity contribution in [2.24, 2.45) is 0 Å². The fourth-order valence-electron chi connectivity index (χ4n) is 1.45. The predicted molar refractivity (Wildman–Crippen MR) is 62.0 cm³/mol. The summed E-state index contributed by atoms with van der Waals surface area (Å²) in [6.45, 7) is 5.82. The van der Waals surface area contributed by atoms with E-state index in [1.54, 1.807) is 0 Å². The van der Waals surface area contributed by atoms with Gasteiger partial charge in [-0.15, -0.1) is 0 Å². The smallest absolute Gasteiger partial charge is 0.0634 e. The number of benzene rings is 1. The second-order valence-electron chi connectivity index (χ2n) is 3.74. The maximum atomic E-state index is 12.0. The van der Waals surface area contributed by atoms with E-state index in [4.69, 9.17) is 5.26 Å². The molecule has 0 aliphatic rings. The molecule has 15 heavy (non-hydrogen) atoms. The highest BCUT2D eigenvalue weighted by Gasteiger charge is 2.14. The Morgan fingerprint density at radius 3 is 2.67 bits per heavy atom. The van der Waals surface area contributed by atoms with Crippen molar-refractivity contribution in [3.05, 3.63) is 29.3 Å². The SMILES string of the molecule is Cc1ccc(S(=O)C(C)CC#N)c(C)c1. The molecule has 0 aliphatic carbocycles. The van der Waals surface area contributed by atoms with Crippen molar-refractivity contribution >= 4 is 10.8 Å². The lowest BCUT2D eigenvalue weighted by molar-refractivity contribution is 0.673. The first-order valence-corrected chi connectivity index (χ1v) is 6.12. The zero-order valence-corrected chi connectivity index (χ0v) is 10.1. The van der Waals surface area contributed by atoms with Crippen molar-refractivity contribution < 1.29 is 4.21 Å². The van der Waals surface area contributed by atoms with Crippen LogP contribution in [0.2, 0.25) is 0 Å². The fourth-order valence-corrected chi connectivity index (χ4v) is 2.68. The molecule has 0 saturated heterocycles. The quantitative estimate of drug-likeness (QED) is 0.787. The van der Waals surface area contributed by atoms with Crippen LogP contribution < -0.4 is 0 Å². The van der Waals surface area contributed by atoms with E-state index < -0.39 is 10.8 Å². The Morgan fingerprint density at radius 1 is 1.47 bits per heavy atom. The molecule has 0 aromatic heterocycles. The Kier molecular flexibility index (Phi) is 4.05. The van der Waals surface area contributed by atoms with Crippen LogP contribution in [-0.4, -0.2) is 9.46 Å². The lowest BCUT2D eigenvalue weighted by Gasteiger charge is -2.10. The fraction of sp³-hybridized carbons (Fsp3) is 0.417. The van der Waals surface area contributed by atoms with Gasteiger partial charge in [0, 0.05) is 16.6 Å². The van der Waals surface area contributed by atoms with E-state index in [9.17, 15) is 4.21 Å². The number of aryl methyl sites for hydroxylation is 2. The zero-order chi connectivity index (χ0) is 11.4. The van der Waals surface area contributed by atoms with Crippen LogP contribution >= 0.6 is 0 Å². The highest BCUT2D eigenvalue weighted by atomic mass is 32.2. The third-order valence-corrected chi connectivity index (χ3v) is 4.08. The lowest BCUT2D eigenvalue weighted by atomic mass is 10.2. The number of rotatable bonds is 3. The summed E-state index contributed by atoms with van der Waals surface area (Å²) in [5, 5.41) is 8.46. The third kappa shape index (κ3) is 2.90. The summed E-state index contributed by atoms with van der Waals surface area (Å²) in [6.07, 6.45) is 0.333. The van der Waals surface area contributed by atoms with Crippen LogP contribution in [0.15, 0.2) is 23.1 Å². The average Bonchev–Trinajstić information content (AvgIpc) is 2.17. The first-order valence-electron chi connectivity index (χ1n) is 4.91. The Labute approximate surface area is 93.4 Å². The van der Waals surface area contributed by atoms with E-state index in [0.717, 1.165) is 10.5 Å². The maximum Gasteiger partial charge on any atom is 0.0634 e. The summed E-state index contributed by atoms with van der Waals surface area (Å²) in [4.78, 5) is 0.850. The molecule has 1 aromatic carbocycles. The van der Waals surface area contributed by atoms with E-state index in [2.05, 4.69) is 6.07 Å². The van der Waals surface area contributed by atoms with Gasteiger partial charge in [0.2, 0.25) is 0 Å². The van der Waals surface area contributed by atoms with Crippen LogP contribution in [0.4, 0.5) is 0 Å². The van der Waals surface area contributed by atoms with Gasteiger partial charge in [0.05, 0.1) is 16.9 Å². The number of nitrogens with zero attached hydrogens (tertiary/aromatic N) is 1. The first kappa shape index (κ1) is 11.9.